The molecule has 2 rings (SSSR count). The first kappa shape index (κ1) is 27.3. The maximum Gasteiger partial charge on any atom is 0.251 e. The number of carbonyl (C=O) groups is 2. The van der Waals surface area contributed by atoms with Gasteiger partial charge in [-0.1, -0.05) is 73.5 Å². The predicted molar refractivity (Wildman–Crippen MR) is 140 cm³/mol. The second-order valence-electron chi connectivity index (χ2n) is 8.69. The molecule has 0 aromatic rings. The molecule has 6 nitrogen and oxygen atoms in total. The number of hydrogen-bond acceptors (Lipinski definition) is 4. The van der Waals surface area contributed by atoms with Crippen LogP contribution in [-0.4, -0.2) is 55.0 Å². The lowest BCUT2D eigenvalue weighted by Crippen LogP contribution is -2.50. The summed E-state index contributed by atoms with van der Waals surface area (Å²) < 4.78 is 0.980. The maximum atomic E-state index is 13.1. The lowest BCUT2D eigenvalue weighted by Gasteiger charge is -2.27. The molecule has 33 heavy (non-hydrogen) atoms. The van der Waals surface area contributed by atoms with E-state index in [0.29, 0.717) is 37.5 Å². The highest BCUT2D eigenvalue weighted by Crippen LogP contribution is 2.17. The average molecular weight is 520 g/mol. The van der Waals surface area contributed by atoms with E-state index in [9.17, 15) is 9.59 Å². The van der Waals surface area contributed by atoms with E-state index in [4.69, 9.17) is 5.73 Å². The summed E-state index contributed by atoms with van der Waals surface area (Å²) in [6.07, 6.45) is 15.6. The number of nitrogens with two attached hydrogens (primary N) is 1. The lowest BCUT2D eigenvalue weighted by molar-refractivity contribution is -0.133. The number of nitrogens with one attached hydrogen (secondary N) is 2. The van der Waals surface area contributed by atoms with Crippen LogP contribution < -0.4 is 16.4 Å². The van der Waals surface area contributed by atoms with Gasteiger partial charge in [-0.05, 0) is 49.5 Å². The molecule has 1 heterocycles. The van der Waals surface area contributed by atoms with Gasteiger partial charge in [0.25, 0.3) is 5.91 Å². The van der Waals surface area contributed by atoms with Gasteiger partial charge in [-0.2, -0.15) is 0 Å². The molecular formula is C26H39BrN4O2. The largest absolute Gasteiger partial charge is 0.350 e. The number of rotatable bonds is 9. The first-order chi connectivity index (χ1) is 15.9. The van der Waals surface area contributed by atoms with Gasteiger partial charge in [0.1, 0.15) is 0 Å². The summed E-state index contributed by atoms with van der Waals surface area (Å²) in [5, 5.41) is 6.50. The average Bonchev–Trinajstić information content (AvgIpc) is 2.95. The smallest absolute Gasteiger partial charge is 0.251 e. The molecule has 0 spiro atoms. The Bertz CT molecular complexity index is 811. The predicted octanol–water partition coefficient (Wildman–Crippen LogP) is 3.72. The van der Waals surface area contributed by atoms with E-state index in [1.165, 1.54) is 0 Å². The number of carbonyl (C=O) groups excluding carboxylic acids is 2. The summed E-state index contributed by atoms with van der Waals surface area (Å²) in [6, 6.07) is -0.302. The molecule has 0 saturated carbocycles. The molecule has 2 amide bonds. The molecule has 0 radical (unpaired) electrons. The number of halogens is 1. The van der Waals surface area contributed by atoms with E-state index in [2.05, 4.69) is 47.0 Å². The van der Waals surface area contributed by atoms with Crippen LogP contribution in [0.15, 0.2) is 58.7 Å². The third kappa shape index (κ3) is 9.07. The van der Waals surface area contributed by atoms with Crippen molar-refractivity contribution in [1.29, 1.82) is 0 Å². The molecule has 182 valence electrons. The highest BCUT2D eigenvalue weighted by atomic mass is 79.9. The zero-order valence-corrected chi connectivity index (χ0v) is 21.6. The molecule has 0 aromatic heterocycles. The van der Waals surface area contributed by atoms with Crippen molar-refractivity contribution in [3.8, 4) is 0 Å². The zero-order chi connectivity index (χ0) is 24.2. The van der Waals surface area contributed by atoms with Gasteiger partial charge < -0.3 is 21.3 Å². The van der Waals surface area contributed by atoms with Crippen LogP contribution in [0.4, 0.5) is 0 Å². The van der Waals surface area contributed by atoms with Gasteiger partial charge in [0, 0.05) is 35.7 Å². The van der Waals surface area contributed by atoms with E-state index >= 15 is 0 Å². The fourth-order valence-corrected chi connectivity index (χ4v) is 4.36. The Morgan fingerprint density at radius 2 is 2.09 bits per heavy atom. The molecule has 4 N–H and O–H groups in total. The van der Waals surface area contributed by atoms with Crippen molar-refractivity contribution < 1.29 is 9.59 Å². The summed E-state index contributed by atoms with van der Waals surface area (Å²) in [5.74, 6) is 0.486. The molecular weight excluding hydrogens is 480 g/mol. The van der Waals surface area contributed by atoms with E-state index in [1.54, 1.807) is 6.08 Å². The molecule has 1 aliphatic carbocycles. The van der Waals surface area contributed by atoms with Crippen molar-refractivity contribution in [1.82, 2.24) is 15.5 Å². The van der Waals surface area contributed by atoms with E-state index < -0.39 is 0 Å². The summed E-state index contributed by atoms with van der Waals surface area (Å²) >= 11 is 3.48. The summed E-state index contributed by atoms with van der Waals surface area (Å²) in [4.78, 5) is 28.0. The van der Waals surface area contributed by atoms with Crippen molar-refractivity contribution in [3.63, 3.8) is 0 Å². The van der Waals surface area contributed by atoms with E-state index in [1.807, 2.05) is 35.3 Å². The molecule has 1 aliphatic heterocycles. The zero-order valence-electron chi connectivity index (χ0n) is 20.0. The van der Waals surface area contributed by atoms with Crippen molar-refractivity contribution in [2.75, 3.05) is 26.2 Å². The minimum atomic E-state index is -0.309. The molecule has 2 atom stereocenters. The number of amides is 2. The molecule has 0 aromatic carbocycles. The van der Waals surface area contributed by atoms with Gasteiger partial charge in [-0.3, -0.25) is 9.59 Å². The van der Waals surface area contributed by atoms with Crippen LogP contribution in [0.25, 0.3) is 0 Å². The Kier molecular flexibility index (Phi) is 11.9. The molecule has 0 bridgehead atoms. The van der Waals surface area contributed by atoms with Crippen LogP contribution in [0.2, 0.25) is 0 Å². The van der Waals surface area contributed by atoms with E-state index in [0.717, 1.165) is 42.3 Å². The molecule has 2 aliphatic rings. The Morgan fingerprint density at radius 3 is 2.79 bits per heavy atom. The quantitative estimate of drug-likeness (QED) is 0.434. The summed E-state index contributed by atoms with van der Waals surface area (Å²) in [5.41, 5.74) is 7.10. The Labute approximate surface area is 207 Å². The van der Waals surface area contributed by atoms with Crippen LogP contribution in [0.3, 0.4) is 0 Å². The Morgan fingerprint density at radius 1 is 1.33 bits per heavy atom. The van der Waals surface area contributed by atoms with Gasteiger partial charge in [-0.15, -0.1) is 0 Å². The number of nitrogens with zero attached hydrogens (tertiary/aromatic N) is 1. The summed E-state index contributed by atoms with van der Waals surface area (Å²) in [7, 11) is 0. The highest BCUT2D eigenvalue weighted by molar-refractivity contribution is 9.11. The fourth-order valence-electron chi connectivity index (χ4n) is 4.04. The van der Waals surface area contributed by atoms with Crippen molar-refractivity contribution in [2.45, 2.75) is 58.0 Å². The third-order valence-electron chi connectivity index (χ3n) is 6.20. The van der Waals surface area contributed by atoms with Gasteiger partial charge in [0.2, 0.25) is 5.91 Å². The monoisotopic (exact) mass is 518 g/mol. The van der Waals surface area contributed by atoms with Crippen LogP contribution >= 0.6 is 15.9 Å². The highest BCUT2D eigenvalue weighted by Gasteiger charge is 2.31. The normalized spacial score (nSPS) is 25.7. The number of hydrogen-bond donors (Lipinski definition) is 3. The fraction of sp³-hybridized carbons (Fsp3) is 0.538. The Balaban J connectivity index is 2.04. The van der Waals surface area contributed by atoms with Crippen LogP contribution in [0.5, 0.6) is 0 Å². The summed E-state index contributed by atoms with van der Waals surface area (Å²) in [6.45, 7) is 10.7. The van der Waals surface area contributed by atoms with Crippen molar-refractivity contribution >= 4 is 27.7 Å². The molecule has 1 fully saturated rings. The first-order valence-electron chi connectivity index (χ1n) is 12.0. The number of allylic oxidation sites excluding steroid dienone is 7. The second kappa shape index (κ2) is 14.3. The molecule has 0 unspecified atom stereocenters. The van der Waals surface area contributed by atoms with Gasteiger partial charge in [0.15, 0.2) is 0 Å². The minimum absolute atomic E-state index is 0.00672. The van der Waals surface area contributed by atoms with Crippen LogP contribution in [-0.2, 0) is 9.59 Å². The van der Waals surface area contributed by atoms with Crippen LogP contribution in [0.1, 0.15) is 46.0 Å². The van der Waals surface area contributed by atoms with E-state index in [-0.39, 0.29) is 23.9 Å². The van der Waals surface area contributed by atoms with Gasteiger partial charge >= 0.3 is 0 Å². The third-order valence-corrected chi connectivity index (χ3v) is 6.79. The molecule has 1 saturated heterocycles. The lowest BCUT2D eigenvalue weighted by atomic mass is 10.0. The SMILES string of the molecule is C=C1C=C(C(=O)NC[C@@H]2CCN(CC(CC)CC)C(=O)[C@H](CCN)N2)/C=C\C/C=C(Br)\C=C/1. The van der Waals surface area contributed by atoms with Crippen LogP contribution in [0, 0.1) is 5.92 Å². The standard InChI is InChI=1S/C26H39BrN4O2/c1-4-20(5-2)18-31-15-13-23(30-24(12-14-28)26(31)33)17-29-25(32)21-8-6-7-9-22(27)11-10-19(3)16-21/h6,8-11,16,20,23-24,30H,3-5,7,12-15,17-18,28H2,1-2H3,(H,29,32)/b8-6-,11-10-,21-16?,22-9+/t23-,24-/m0/s1. The maximum absolute atomic E-state index is 13.1. The van der Waals surface area contributed by atoms with Gasteiger partial charge in [0.05, 0.1) is 6.04 Å². The Hall–Kier alpha value is -1.96. The molecule has 7 heteroatoms. The first-order valence-corrected chi connectivity index (χ1v) is 12.8. The van der Waals surface area contributed by atoms with Crippen molar-refractivity contribution in [3.05, 3.63) is 58.7 Å². The topological polar surface area (TPSA) is 87.5 Å². The second-order valence-corrected chi connectivity index (χ2v) is 9.61. The van der Waals surface area contributed by atoms with Gasteiger partial charge in [-0.25, -0.2) is 0 Å². The van der Waals surface area contributed by atoms with Crippen molar-refractivity contribution in [2.24, 2.45) is 11.7 Å². The minimum Gasteiger partial charge on any atom is -0.350 e.